The van der Waals surface area contributed by atoms with E-state index in [9.17, 15) is 0 Å². The van der Waals surface area contributed by atoms with Gasteiger partial charge >= 0.3 is 0 Å². The molecule has 0 amide bonds. The van der Waals surface area contributed by atoms with E-state index in [0.29, 0.717) is 0 Å². The van der Waals surface area contributed by atoms with Gasteiger partial charge in [0.15, 0.2) is 0 Å². The lowest BCUT2D eigenvalue weighted by Crippen LogP contribution is -1.68. The lowest BCUT2D eigenvalue weighted by atomic mass is 10.2. The Hall–Kier alpha value is -1.63. The van der Waals surface area contributed by atoms with Crippen molar-refractivity contribution in [1.82, 2.24) is 0 Å². The molecule has 0 spiro atoms. The van der Waals surface area contributed by atoms with E-state index >= 15 is 0 Å². The molecule has 0 aliphatic heterocycles. The Kier molecular flexibility index (Phi) is 9.32. The molecule has 0 rings (SSSR count). The van der Waals surface area contributed by atoms with Gasteiger partial charge in [0, 0.05) is 6.21 Å². The van der Waals surface area contributed by atoms with Gasteiger partial charge in [-0.1, -0.05) is 48.1 Å². The SMILES string of the molecule is C=CC/C=C\C=C/C/C=C(C)/C=C\C=N. The molecule has 0 bridgehead atoms. The van der Waals surface area contributed by atoms with Crippen molar-refractivity contribution in [1.29, 1.82) is 5.41 Å². The van der Waals surface area contributed by atoms with Crippen molar-refractivity contribution >= 4 is 6.21 Å². The first-order valence-electron chi connectivity index (χ1n) is 5.07. The number of nitrogens with one attached hydrogen (secondary N) is 1. The molecular formula is C14H19N. The largest absolute Gasteiger partial charge is 0.309 e. The van der Waals surface area contributed by atoms with Crippen molar-refractivity contribution in [3.05, 3.63) is 60.8 Å². The number of hydrogen-bond donors (Lipinski definition) is 1. The van der Waals surface area contributed by atoms with E-state index in [-0.39, 0.29) is 0 Å². The molecule has 0 aromatic rings. The second kappa shape index (κ2) is 10.5. The molecule has 0 aromatic carbocycles. The summed E-state index contributed by atoms with van der Waals surface area (Å²) in [6.07, 6.45) is 19.0. The van der Waals surface area contributed by atoms with Gasteiger partial charge in [-0.05, 0) is 25.8 Å². The minimum atomic E-state index is 0.918. The molecule has 0 heterocycles. The van der Waals surface area contributed by atoms with Gasteiger partial charge in [0.05, 0.1) is 0 Å². The van der Waals surface area contributed by atoms with Crippen LogP contribution in [0.1, 0.15) is 19.8 Å². The number of hydrogen-bond acceptors (Lipinski definition) is 1. The summed E-state index contributed by atoms with van der Waals surface area (Å²) in [6.45, 7) is 5.66. The molecule has 0 atom stereocenters. The van der Waals surface area contributed by atoms with E-state index in [2.05, 4.69) is 24.8 Å². The fraction of sp³-hybridized carbons (Fsp3) is 0.214. The smallest absolute Gasteiger partial charge is 0.0177 e. The minimum Gasteiger partial charge on any atom is -0.309 e. The van der Waals surface area contributed by atoms with Crippen LogP contribution in [0.25, 0.3) is 0 Å². The average molecular weight is 201 g/mol. The van der Waals surface area contributed by atoms with Crippen LogP contribution >= 0.6 is 0 Å². The average Bonchev–Trinajstić information content (AvgIpc) is 2.25. The maximum absolute atomic E-state index is 6.83. The van der Waals surface area contributed by atoms with E-state index in [1.807, 2.05) is 31.2 Å². The molecule has 0 saturated heterocycles. The van der Waals surface area contributed by atoms with Gasteiger partial charge in [-0.25, -0.2) is 0 Å². The van der Waals surface area contributed by atoms with Crippen LogP contribution in [-0.2, 0) is 0 Å². The van der Waals surface area contributed by atoms with Crippen molar-refractivity contribution < 1.29 is 0 Å². The van der Waals surface area contributed by atoms with Crippen molar-refractivity contribution in [2.75, 3.05) is 0 Å². The van der Waals surface area contributed by atoms with E-state index < -0.39 is 0 Å². The fourth-order valence-corrected chi connectivity index (χ4v) is 0.932. The van der Waals surface area contributed by atoms with Gasteiger partial charge in [0.1, 0.15) is 0 Å². The zero-order valence-corrected chi connectivity index (χ0v) is 9.32. The van der Waals surface area contributed by atoms with Crippen LogP contribution in [-0.4, -0.2) is 6.21 Å². The second-order valence-electron chi connectivity index (χ2n) is 3.09. The summed E-state index contributed by atoms with van der Waals surface area (Å²) in [6, 6.07) is 0. The maximum Gasteiger partial charge on any atom is 0.0177 e. The third-order valence-corrected chi connectivity index (χ3v) is 1.72. The van der Waals surface area contributed by atoms with E-state index in [1.165, 1.54) is 11.8 Å². The second-order valence-corrected chi connectivity index (χ2v) is 3.09. The zero-order chi connectivity index (χ0) is 11.4. The molecule has 1 N–H and O–H groups in total. The van der Waals surface area contributed by atoms with Gasteiger partial charge < -0.3 is 5.41 Å². The van der Waals surface area contributed by atoms with Gasteiger partial charge in [0.25, 0.3) is 0 Å². The van der Waals surface area contributed by atoms with Crippen molar-refractivity contribution in [3.8, 4) is 0 Å². The van der Waals surface area contributed by atoms with Crippen molar-refractivity contribution in [2.45, 2.75) is 19.8 Å². The highest BCUT2D eigenvalue weighted by molar-refractivity contribution is 5.68. The third kappa shape index (κ3) is 10.3. The highest BCUT2D eigenvalue weighted by Gasteiger charge is 1.78. The van der Waals surface area contributed by atoms with Gasteiger partial charge in [-0.2, -0.15) is 0 Å². The Morgan fingerprint density at radius 1 is 1.13 bits per heavy atom. The minimum absolute atomic E-state index is 0.918. The van der Waals surface area contributed by atoms with Crippen LogP contribution in [0.4, 0.5) is 0 Å². The Labute approximate surface area is 92.7 Å². The summed E-state index contributed by atoms with van der Waals surface area (Å²) in [4.78, 5) is 0. The lowest BCUT2D eigenvalue weighted by molar-refractivity contribution is 1.33. The van der Waals surface area contributed by atoms with Gasteiger partial charge in [-0.15, -0.1) is 6.58 Å². The first kappa shape index (κ1) is 13.4. The van der Waals surface area contributed by atoms with Gasteiger partial charge in [0.2, 0.25) is 0 Å². The fourth-order valence-electron chi connectivity index (χ4n) is 0.932. The third-order valence-electron chi connectivity index (χ3n) is 1.72. The molecule has 15 heavy (non-hydrogen) atoms. The molecule has 0 fully saturated rings. The zero-order valence-electron chi connectivity index (χ0n) is 9.32. The van der Waals surface area contributed by atoms with Crippen LogP contribution < -0.4 is 0 Å². The van der Waals surface area contributed by atoms with E-state index in [0.717, 1.165) is 12.8 Å². The monoisotopic (exact) mass is 201 g/mol. The normalized spacial score (nSPS) is 13.0. The van der Waals surface area contributed by atoms with Crippen molar-refractivity contribution in [2.24, 2.45) is 0 Å². The molecule has 0 aromatic heterocycles. The predicted octanol–water partition coefficient (Wildman–Crippen LogP) is 4.22. The summed E-state index contributed by atoms with van der Waals surface area (Å²) in [7, 11) is 0. The lowest BCUT2D eigenvalue weighted by Gasteiger charge is -1.88. The highest BCUT2D eigenvalue weighted by atomic mass is 14.3. The highest BCUT2D eigenvalue weighted by Crippen LogP contribution is 1.98. The molecular weight excluding hydrogens is 182 g/mol. The van der Waals surface area contributed by atoms with Gasteiger partial charge in [-0.3, -0.25) is 0 Å². The predicted molar refractivity (Wildman–Crippen MR) is 69.4 cm³/mol. The first-order chi connectivity index (χ1) is 7.31. The van der Waals surface area contributed by atoms with Crippen molar-refractivity contribution in [3.63, 3.8) is 0 Å². The number of rotatable bonds is 7. The van der Waals surface area contributed by atoms with Crippen LogP contribution in [0.3, 0.4) is 0 Å². The molecule has 0 radical (unpaired) electrons. The topological polar surface area (TPSA) is 23.9 Å². The van der Waals surface area contributed by atoms with Crippen LogP contribution in [0.5, 0.6) is 0 Å². The molecule has 0 aliphatic carbocycles. The molecule has 1 heteroatoms. The molecule has 0 saturated carbocycles. The molecule has 0 aliphatic rings. The Morgan fingerprint density at radius 2 is 1.80 bits per heavy atom. The maximum atomic E-state index is 6.83. The summed E-state index contributed by atoms with van der Waals surface area (Å²) in [5.74, 6) is 0. The van der Waals surface area contributed by atoms with Crippen LogP contribution in [0, 0.1) is 5.41 Å². The Morgan fingerprint density at radius 3 is 2.40 bits per heavy atom. The first-order valence-corrected chi connectivity index (χ1v) is 5.07. The molecule has 1 nitrogen and oxygen atoms in total. The van der Waals surface area contributed by atoms with E-state index in [1.54, 1.807) is 6.08 Å². The Bertz CT molecular complexity index is 290. The molecule has 0 unspecified atom stereocenters. The quantitative estimate of drug-likeness (QED) is 0.362. The standard InChI is InChI=1S/C14H19N/c1-3-4-5-6-7-8-9-11-14(2)12-10-13-15/h3,5-8,10-13,15H,1,4,9H2,2H3/b6-5-,8-7-,12-10-,14-11+,15-13?. The summed E-state index contributed by atoms with van der Waals surface area (Å²) >= 11 is 0. The summed E-state index contributed by atoms with van der Waals surface area (Å²) in [5, 5.41) is 6.83. The molecule has 80 valence electrons. The van der Waals surface area contributed by atoms with Crippen LogP contribution in [0.15, 0.2) is 60.8 Å². The van der Waals surface area contributed by atoms with Crippen LogP contribution in [0.2, 0.25) is 0 Å². The summed E-state index contributed by atoms with van der Waals surface area (Å²) in [5.41, 5.74) is 1.18. The van der Waals surface area contributed by atoms with E-state index in [4.69, 9.17) is 5.41 Å². The summed E-state index contributed by atoms with van der Waals surface area (Å²) < 4.78 is 0. The Balaban J connectivity index is 3.80. The number of allylic oxidation sites excluding steroid dienone is 9.